The predicted molar refractivity (Wildman–Crippen MR) is 82.7 cm³/mol. The van der Waals surface area contributed by atoms with Gasteiger partial charge in [0.1, 0.15) is 0 Å². The van der Waals surface area contributed by atoms with Gasteiger partial charge in [-0.2, -0.15) is 4.31 Å². The van der Waals surface area contributed by atoms with Crippen LogP contribution in [-0.4, -0.2) is 44.7 Å². The molecule has 1 saturated heterocycles. The number of sulfonamides is 1. The number of sulfone groups is 1. The van der Waals surface area contributed by atoms with Gasteiger partial charge in [-0.1, -0.05) is 18.5 Å². The quantitative estimate of drug-likeness (QED) is 0.831. The van der Waals surface area contributed by atoms with Crippen LogP contribution in [0.4, 0.5) is 0 Å². The fourth-order valence-corrected chi connectivity index (χ4v) is 6.93. The predicted octanol–water partition coefficient (Wildman–Crippen LogP) is 1.93. The van der Waals surface area contributed by atoms with Crippen LogP contribution in [0.2, 0.25) is 5.02 Å². The molecule has 1 aromatic carbocycles. The van der Waals surface area contributed by atoms with E-state index in [1.54, 1.807) is 13.8 Å². The van der Waals surface area contributed by atoms with Crippen molar-refractivity contribution in [2.24, 2.45) is 0 Å². The smallest absolute Gasteiger partial charge is 0.229 e. The summed E-state index contributed by atoms with van der Waals surface area (Å²) in [6.45, 7) is 3.62. The molecular formula is C13H18ClNO4S2. The minimum atomic E-state index is -3.75. The molecule has 2 rings (SSSR count). The average Bonchev–Trinajstić information content (AvgIpc) is 2.65. The van der Waals surface area contributed by atoms with Gasteiger partial charge >= 0.3 is 0 Å². The summed E-state index contributed by atoms with van der Waals surface area (Å²) in [6, 6.07) is 5.90. The molecule has 0 N–H and O–H groups in total. The lowest BCUT2D eigenvalue weighted by molar-refractivity contribution is 0.243. The van der Waals surface area contributed by atoms with Gasteiger partial charge in [0.05, 0.1) is 16.4 Å². The van der Waals surface area contributed by atoms with Crippen LogP contribution in [0.1, 0.15) is 20.3 Å². The van der Waals surface area contributed by atoms with E-state index < -0.39 is 25.4 Å². The number of rotatable bonds is 4. The van der Waals surface area contributed by atoms with Crippen molar-refractivity contribution in [1.82, 2.24) is 4.31 Å². The van der Waals surface area contributed by atoms with Crippen molar-refractivity contribution >= 4 is 31.5 Å². The van der Waals surface area contributed by atoms with Crippen LogP contribution in [0.15, 0.2) is 29.2 Å². The minimum absolute atomic E-state index is 0.0239. The third-order valence-electron chi connectivity index (χ3n) is 3.77. The van der Waals surface area contributed by atoms with Crippen molar-refractivity contribution in [2.45, 2.75) is 30.7 Å². The fourth-order valence-electron chi connectivity index (χ4n) is 2.77. The van der Waals surface area contributed by atoms with E-state index in [0.29, 0.717) is 11.4 Å². The minimum Gasteiger partial charge on any atom is -0.229 e. The van der Waals surface area contributed by atoms with Gasteiger partial charge in [0, 0.05) is 17.1 Å². The molecule has 8 heteroatoms. The monoisotopic (exact) mass is 351 g/mol. The molecule has 118 valence electrons. The normalized spacial score (nSPS) is 25.3. The van der Waals surface area contributed by atoms with E-state index in [-0.39, 0.29) is 22.9 Å². The van der Waals surface area contributed by atoms with Crippen molar-refractivity contribution in [3.8, 4) is 0 Å². The third kappa shape index (κ3) is 3.26. The molecule has 0 saturated carbocycles. The first-order valence-electron chi connectivity index (χ1n) is 6.60. The molecule has 0 radical (unpaired) electrons. The van der Waals surface area contributed by atoms with Crippen molar-refractivity contribution in [3.63, 3.8) is 0 Å². The molecule has 0 aromatic heterocycles. The molecule has 1 fully saturated rings. The van der Waals surface area contributed by atoms with Gasteiger partial charge in [-0.25, -0.2) is 16.8 Å². The van der Waals surface area contributed by atoms with Gasteiger partial charge in [-0.3, -0.25) is 0 Å². The molecule has 0 amide bonds. The molecule has 1 aromatic rings. The summed E-state index contributed by atoms with van der Waals surface area (Å²) in [7, 11) is -6.94. The zero-order chi connectivity index (χ0) is 15.9. The van der Waals surface area contributed by atoms with Gasteiger partial charge in [0.2, 0.25) is 10.0 Å². The third-order valence-corrected chi connectivity index (χ3v) is 8.06. The zero-order valence-corrected chi connectivity index (χ0v) is 14.3. The second-order valence-electron chi connectivity index (χ2n) is 5.46. The van der Waals surface area contributed by atoms with Gasteiger partial charge in [0.25, 0.3) is 0 Å². The molecule has 1 aliphatic heterocycles. The van der Waals surface area contributed by atoms with E-state index in [2.05, 4.69) is 0 Å². The summed E-state index contributed by atoms with van der Waals surface area (Å²) in [5, 5.41) is 0.451. The Kier molecular flexibility index (Phi) is 4.41. The molecule has 1 heterocycles. The number of hydrogen-bond acceptors (Lipinski definition) is 4. The maximum absolute atomic E-state index is 12.8. The number of benzene rings is 1. The summed E-state index contributed by atoms with van der Waals surface area (Å²) in [4.78, 5) is 0.124. The number of nitrogens with zero attached hydrogens (tertiary/aromatic N) is 1. The first kappa shape index (κ1) is 16.7. The number of hydrogen-bond donors (Lipinski definition) is 0. The molecule has 1 aliphatic rings. The van der Waals surface area contributed by atoms with Crippen LogP contribution in [0.3, 0.4) is 0 Å². The Labute approximate surface area is 130 Å². The standard InChI is InChI=1S/C13H18ClNO4S2/c1-3-15(13(2)8-9-20(16,17)10-13)21(18,19)12-6-4-11(14)5-7-12/h4-7H,3,8-10H2,1-2H3/t13-/m1/s1. The van der Waals surface area contributed by atoms with Crippen LogP contribution < -0.4 is 0 Å². The van der Waals surface area contributed by atoms with E-state index in [0.717, 1.165) is 0 Å². The van der Waals surface area contributed by atoms with Crippen molar-refractivity contribution in [1.29, 1.82) is 0 Å². The summed E-state index contributed by atoms with van der Waals surface area (Å²) in [5.41, 5.74) is -0.897. The summed E-state index contributed by atoms with van der Waals surface area (Å²) in [6.07, 6.45) is 0.315. The highest BCUT2D eigenvalue weighted by Crippen LogP contribution is 2.34. The van der Waals surface area contributed by atoms with E-state index in [1.807, 2.05) is 0 Å². The van der Waals surface area contributed by atoms with E-state index in [4.69, 9.17) is 11.6 Å². The van der Waals surface area contributed by atoms with Crippen LogP contribution in [0.5, 0.6) is 0 Å². The second-order valence-corrected chi connectivity index (χ2v) is 9.95. The lowest BCUT2D eigenvalue weighted by Crippen LogP contribution is -2.50. The Morgan fingerprint density at radius 2 is 1.86 bits per heavy atom. The van der Waals surface area contributed by atoms with Crippen LogP contribution >= 0.6 is 11.6 Å². The Balaban J connectivity index is 2.43. The number of halogens is 1. The Morgan fingerprint density at radius 1 is 1.29 bits per heavy atom. The van der Waals surface area contributed by atoms with E-state index in [1.165, 1.54) is 28.6 Å². The Hall–Kier alpha value is -0.630. The van der Waals surface area contributed by atoms with Gasteiger partial charge in [-0.05, 0) is 37.6 Å². The largest absolute Gasteiger partial charge is 0.243 e. The van der Waals surface area contributed by atoms with Crippen LogP contribution in [0, 0.1) is 0 Å². The Morgan fingerprint density at radius 3 is 2.29 bits per heavy atom. The first-order chi connectivity index (χ1) is 9.61. The van der Waals surface area contributed by atoms with Crippen molar-refractivity contribution < 1.29 is 16.8 Å². The van der Waals surface area contributed by atoms with Gasteiger partial charge in [0.15, 0.2) is 9.84 Å². The fraction of sp³-hybridized carbons (Fsp3) is 0.538. The van der Waals surface area contributed by atoms with Crippen LogP contribution in [0.25, 0.3) is 0 Å². The van der Waals surface area contributed by atoms with Gasteiger partial charge < -0.3 is 0 Å². The molecule has 5 nitrogen and oxygen atoms in total. The van der Waals surface area contributed by atoms with Crippen molar-refractivity contribution in [3.05, 3.63) is 29.3 Å². The van der Waals surface area contributed by atoms with Gasteiger partial charge in [-0.15, -0.1) is 0 Å². The first-order valence-corrected chi connectivity index (χ1v) is 10.2. The summed E-state index contributed by atoms with van der Waals surface area (Å²) >= 11 is 5.78. The SMILES string of the molecule is CCN([C@]1(C)CCS(=O)(=O)C1)S(=O)(=O)c1ccc(Cl)cc1. The summed E-state index contributed by atoms with van der Waals surface area (Å²) < 4.78 is 50.3. The molecule has 0 unspecified atom stereocenters. The maximum Gasteiger partial charge on any atom is 0.243 e. The molecule has 0 spiro atoms. The van der Waals surface area contributed by atoms with E-state index >= 15 is 0 Å². The molecule has 1 atom stereocenters. The zero-order valence-electron chi connectivity index (χ0n) is 11.9. The molecule has 21 heavy (non-hydrogen) atoms. The molecule has 0 aliphatic carbocycles. The highest BCUT2D eigenvalue weighted by atomic mass is 35.5. The highest BCUT2D eigenvalue weighted by molar-refractivity contribution is 7.92. The highest BCUT2D eigenvalue weighted by Gasteiger charge is 2.47. The van der Waals surface area contributed by atoms with E-state index in [9.17, 15) is 16.8 Å². The lowest BCUT2D eigenvalue weighted by atomic mass is 10.0. The topological polar surface area (TPSA) is 71.5 Å². The molecular weight excluding hydrogens is 334 g/mol. The maximum atomic E-state index is 12.8. The average molecular weight is 352 g/mol. The lowest BCUT2D eigenvalue weighted by Gasteiger charge is -2.35. The molecule has 0 bridgehead atoms. The second kappa shape index (κ2) is 5.53. The Bertz CT molecular complexity index is 728. The van der Waals surface area contributed by atoms with Crippen LogP contribution in [-0.2, 0) is 19.9 Å². The summed E-state index contributed by atoms with van der Waals surface area (Å²) in [5.74, 6) is -0.114. The van der Waals surface area contributed by atoms with Crippen molar-refractivity contribution in [2.75, 3.05) is 18.1 Å².